The topological polar surface area (TPSA) is 21.3 Å². The fourth-order valence-electron chi connectivity index (χ4n) is 5.43. The zero-order valence-corrected chi connectivity index (χ0v) is 13.0. The fourth-order valence-corrected chi connectivity index (χ4v) is 5.43. The molecule has 23 heavy (non-hydrogen) atoms. The number of ether oxygens (including phenoxy) is 1. The maximum absolute atomic E-state index is 12.2. The zero-order chi connectivity index (χ0) is 16.1. The average molecular weight is 325 g/mol. The molecular formula is C18H22F3NO. The molecule has 4 bridgehead atoms. The summed E-state index contributed by atoms with van der Waals surface area (Å²) in [5.74, 6) is 2.50. The van der Waals surface area contributed by atoms with Crippen LogP contribution in [0.5, 0.6) is 5.75 Å². The Balaban J connectivity index is 1.38. The molecule has 126 valence electrons. The molecule has 0 saturated heterocycles. The quantitative estimate of drug-likeness (QED) is 0.870. The number of hydrogen-bond donors (Lipinski definition) is 1. The summed E-state index contributed by atoms with van der Waals surface area (Å²) in [5.41, 5.74) is 1.28. The summed E-state index contributed by atoms with van der Waals surface area (Å²) >= 11 is 0. The van der Waals surface area contributed by atoms with Gasteiger partial charge in [0, 0.05) is 12.1 Å². The van der Waals surface area contributed by atoms with E-state index >= 15 is 0 Å². The largest absolute Gasteiger partial charge is 0.573 e. The summed E-state index contributed by atoms with van der Waals surface area (Å²) < 4.78 is 40.4. The smallest absolute Gasteiger partial charge is 0.406 e. The highest BCUT2D eigenvalue weighted by molar-refractivity contribution is 5.27. The Bertz CT molecular complexity index is 531. The summed E-state index contributed by atoms with van der Waals surface area (Å²) in [4.78, 5) is 0. The Morgan fingerprint density at radius 3 is 1.96 bits per heavy atom. The highest BCUT2D eigenvalue weighted by atomic mass is 19.4. The van der Waals surface area contributed by atoms with Crippen LogP contribution < -0.4 is 10.1 Å². The molecule has 1 aromatic rings. The summed E-state index contributed by atoms with van der Waals surface area (Å²) in [6, 6.07) is 6.22. The molecule has 0 aliphatic heterocycles. The van der Waals surface area contributed by atoms with Gasteiger partial charge in [-0.2, -0.15) is 0 Å². The molecule has 0 unspecified atom stereocenters. The van der Waals surface area contributed by atoms with E-state index in [0.717, 1.165) is 29.9 Å². The van der Waals surface area contributed by atoms with Gasteiger partial charge >= 0.3 is 6.36 Å². The van der Waals surface area contributed by atoms with Gasteiger partial charge in [-0.25, -0.2) is 0 Å². The molecule has 0 heterocycles. The molecule has 1 aromatic carbocycles. The van der Waals surface area contributed by atoms with E-state index in [1.54, 1.807) is 12.1 Å². The first-order chi connectivity index (χ1) is 10.9. The number of alkyl halides is 3. The van der Waals surface area contributed by atoms with Crippen molar-refractivity contribution in [1.29, 1.82) is 0 Å². The van der Waals surface area contributed by atoms with E-state index < -0.39 is 6.36 Å². The first-order valence-electron chi connectivity index (χ1n) is 8.49. The molecule has 4 saturated carbocycles. The van der Waals surface area contributed by atoms with E-state index in [1.165, 1.54) is 50.7 Å². The van der Waals surface area contributed by atoms with Gasteiger partial charge in [-0.05, 0) is 74.0 Å². The van der Waals surface area contributed by atoms with Crippen LogP contribution in [0.3, 0.4) is 0 Å². The van der Waals surface area contributed by atoms with Crippen molar-refractivity contribution in [2.75, 3.05) is 0 Å². The van der Waals surface area contributed by atoms with Crippen LogP contribution >= 0.6 is 0 Å². The van der Waals surface area contributed by atoms with Crippen LogP contribution in [0.15, 0.2) is 24.3 Å². The van der Waals surface area contributed by atoms with Crippen molar-refractivity contribution in [2.24, 2.45) is 17.8 Å². The Kier molecular flexibility index (Phi) is 3.59. The highest BCUT2D eigenvalue weighted by Gasteiger charge is 2.50. The molecule has 0 atom stereocenters. The number of nitrogens with one attached hydrogen (secondary N) is 1. The van der Waals surface area contributed by atoms with Crippen LogP contribution in [-0.4, -0.2) is 11.9 Å². The molecule has 5 rings (SSSR count). The van der Waals surface area contributed by atoms with Gasteiger partial charge in [-0.15, -0.1) is 13.2 Å². The second-order valence-corrected chi connectivity index (χ2v) is 7.74. The Labute approximate surface area is 134 Å². The lowest BCUT2D eigenvalue weighted by atomic mass is 9.53. The second kappa shape index (κ2) is 5.40. The van der Waals surface area contributed by atoms with Gasteiger partial charge in [0.25, 0.3) is 0 Å². The summed E-state index contributed by atoms with van der Waals surface area (Å²) in [7, 11) is 0. The SMILES string of the molecule is FC(F)(F)Oc1ccc(CNC23CC4CC(CC(C4)C2)C3)cc1. The van der Waals surface area contributed by atoms with E-state index in [-0.39, 0.29) is 11.3 Å². The predicted octanol–water partition coefficient (Wildman–Crippen LogP) is 4.64. The fraction of sp³-hybridized carbons (Fsp3) is 0.667. The Morgan fingerprint density at radius 1 is 0.957 bits per heavy atom. The van der Waals surface area contributed by atoms with Crippen LogP contribution in [0.25, 0.3) is 0 Å². The highest BCUT2D eigenvalue weighted by Crippen LogP contribution is 2.55. The van der Waals surface area contributed by atoms with Gasteiger partial charge in [-0.3, -0.25) is 0 Å². The predicted molar refractivity (Wildman–Crippen MR) is 80.9 cm³/mol. The van der Waals surface area contributed by atoms with Crippen molar-refractivity contribution in [3.8, 4) is 5.75 Å². The molecule has 4 aliphatic rings. The first-order valence-corrected chi connectivity index (χ1v) is 8.49. The molecule has 0 amide bonds. The molecule has 0 radical (unpaired) electrons. The maximum atomic E-state index is 12.2. The maximum Gasteiger partial charge on any atom is 0.573 e. The van der Waals surface area contributed by atoms with Crippen molar-refractivity contribution in [3.63, 3.8) is 0 Å². The van der Waals surface area contributed by atoms with Gasteiger partial charge in [0.15, 0.2) is 0 Å². The standard InChI is InChI=1S/C18H22F3NO/c19-18(20,21)23-16-3-1-12(2-4-16)11-22-17-8-13-5-14(9-17)7-15(6-13)10-17/h1-4,13-15,22H,5-11H2. The molecule has 0 spiro atoms. The summed E-state index contributed by atoms with van der Waals surface area (Å²) in [6.45, 7) is 0.721. The molecule has 0 aromatic heterocycles. The van der Waals surface area contributed by atoms with Gasteiger partial charge in [0.2, 0.25) is 0 Å². The first kappa shape index (κ1) is 15.3. The minimum Gasteiger partial charge on any atom is -0.406 e. The number of rotatable bonds is 4. The average Bonchev–Trinajstić information content (AvgIpc) is 2.43. The lowest BCUT2D eigenvalue weighted by molar-refractivity contribution is -0.274. The van der Waals surface area contributed by atoms with Crippen LogP contribution in [0.2, 0.25) is 0 Å². The van der Waals surface area contributed by atoms with E-state index in [2.05, 4.69) is 10.1 Å². The van der Waals surface area contributed by atoms with Gasteiger partial charge in [0.1, 0.15) is 5.75 Å². The molecule has 1 N–H and O–H groups in total. The van der Waals surface area contributed by atoms with E-state index in [0.29, 0.717) is 0 Å². The van der Waals surface area contributed by atoms with E-state index in [4.69, 9.17) is 0 Å². The molecule has 4 fully saturated rings. The summed E-state index contributed by atoms with van der Waals surface area (Å²) in [6.07, 6.45) is 3.41. The number of benzene rings is 1. The molecule has 5 heteroatoms. The molecular weight excluding hydrogens is 303 g/mol. The van der Waals surface area contributed by atoms with Crippen LogP contribution in [0, 0.1) is 17.8 Å². The van der Waals surface area contributed by atoms with Gasteiger partial charge in [-0.1, -0.05) is 12.1 Å². The van der Waals surface area contributed by atoms with Gasteiger partial charge < -0.3 is 10.1 Å². The minimum atomic E-state index is -4.63. The Hall–Kier alpha value is -1.23. The molecule has 4 aliphatic carbocycles. The van der Waals surface area contributed by atoms with Crippen LogP contribution in [0.1, 0.15) is 44.1 Å². The minimum absolute atomic E-state index is 0.156. The van der Waals surface area contributed by atoms with E-state index in [1.807, 2.05) is 0 Å². The third kappa shape index (κ3) is 3.35. The third-order valence-electron chi connectivity index (χ3n) is 5.86. The second-order valence-electron chi connectivity index (χ2n) is 7.74. The normalized spacial score (nSPS) is 35.5. The lowest BCUT2D eigenvalue weighted by Gasteiger charge is -2.57. The van der Waals surface area contributed by atoms with E-state index in [9.17, 15) is 13.2 Å². The zero-order valence-electron chi connectivity index (χ0n) is 13.0. The summed E-state index contributed by atoms with van der Waals surface area (Å²) in [5, 5.41) is 3.75. The van der Waals surface area contributed by atoms with Crippen molar-refractivity contribution in [2.45, 2.75) is 57.0 Å². The number of halogens is 3. The number of hydrogen-bond acceptors (Lipinski definition) is 2. The van der Waals surface area contributed by atoms with Crippen molar-refractivity contribution < 1.29 is 17.9 Å². The Morgan fingerprint density at radius 2 is 1.48 bits per heavy atom. The van der Waals surface area contributed by atoms with Crippen molar-refractivity contribution in [1.82, 2.24) is 5.32 Å². The monoisotopic (exact) mass is 325 g/mol. The van der Waals surface area contributed by atoms with Crippen LogP contribution in [0.4, 0.5) is 13.2 Å². The molecule has 2 nitrogen and oxygen atoms in total. The van der Waals surface area contributed by atoms with Crippen molar-refractivity contribution in [3.05, 3.63) is 29.8 Å². The van der Waals surface area contributed by atoms with Crippen molar-refractivity contribution >= 4 is 0 Å². The van der Waals surface area contributed by atoms with Crippen LogP contribution in [-0.2, 0) is 6.54 Å². The van der Waals surface area contributed by atoms with Gasteiger partial charge in [0.05, 0.1) is 0 Å². The lowest BCUT2D eigenvalue weighted by Crippen LogP contribution is -2.58. The third-order valence-corrected chi connectivity index (χ3v) is 5.86.